The molecule has 0 spiro atoms. The Bertz CT molecular complexity index is 654. The highest BCUT2D eigenvalue weighted by Crippen LogP contribution is 2.16. The molecule has 8 heteroatoms. The maximum Gasteiger partial charge on any atom is 0.269 e. The molecule has 0 aliphatic heterocycles. The predicted octanol–water partition coefficient (Wildman–Crippen LogP) is 2.05. The van der Waals surface area contributed by atoms with Crippen molar-refractivity contribution >= 4 is 27.4 Å². The molecule has 2 aromatic rings. The van der Waals surface area contributed by atoms with E-state index in [9.17, 15) is 14.9 Å². The van der Waals surface area contributed by atoms with Gasteiger partial charge in [0.1, 0.15) is 10.3 Å². The Kier molecular flexibility index (Phi) is 3.91. The van der Waals surface area contributed by atoms with Crippen molar-refractivity contribution < 1.29 is 4.92 Å². The van der Waals surface area contributed by atoms with Gasteiger partial charge in [-0.05, 0) is 21.5 Å². The maximum absolute atomic E-state index is 11.3. The van der Waals surface area contributed by atoms with Gasteiger partial charge in [-0.2, -0.15) is 0 Å². The van der Waals surface area contributed by atoms with Gasteiger partial charge in [0.25, 0.3) is 11.2 Å². The van der Waals surface area contributed by atoms with E-state index in [0.29, 0.717) is 16.8 Å². The van der Waals surface area contributed by atoms with Gasteiger partial charge in [-0.25, -0.2) is 4.98 Å². The molecule has 0 unspecified atom stereocenters. The molecule has 0 aliphatic rings. The van der Waals surface area contributed by atoms with Crippen molar-refractivity contribution in [2.24, 2.45) is 0 Å². The van der Waals surface area contributed by atoms with Crippen LogP contribution < -0.4 is 10.9 Å². The van der Waals surface area contributed by atoms with Gasteiger partial charge in [0.2, 0.25) is 0 Å². The van der Waals surface area contributed by atoms with Crippen LogP contribution in [0.3, 0.4) is 0 Å². The van der Waals surface area contributed by atoms with E-state index in [-0.39, 0.29) is 11.2 Å². The lowest BCUT2D eigenvalue weighted by Gasteiger charge is -2.06. The fraction of sp³-hybridized carbons (Fsp3) is 0.0909. The molecular formula is C11H9BrN4O3. The van der Waals surface area contributed by atoms with Gasteiger partial charge in [0.05, 0.1) is 11.3 Å². The van der Waals surface area contributed by atoms with Crippen molar-refractivity contribution in [3.63, 3.8) is 0 Å². The number of rotatable bonds is 4. The topological polar surface area (TPSA) is 101 Å². The lowest BCUT2D eigenvalue weighted by atomic mass is 10.2. The van der Waals surface area contributed by atoms with E-state index in [1.807, 2.05) is 0 Å². The Morgan fingerprint density at radius 2 is 2.05 bits per heavy atom. The summed E-state index contributed by atoms with van der Waals surface area (Å²) in [6.45, 7) is 0.410. The second kappa shape index (κ2) is 5.61. The van der Waals surface area contributed by atoms with E-state index in [1.165, 1.54) is 18.5 Å². The van der Waals surface area contributed by atoms with E-state index in [0.717, 1.165) is 5.56 Å². The van der Waals surface area contributed by atoms with Crippen molar-refractivity contribution in [3.8, 4) is 0 Å². The van der Waals surface area contributed by atoms with Crippen molar-refractivity contribution in [1.29, 1.82) is 0 Å². The quantitative estimate of drug-likeness (QED) is 0.662. The zero-order valence-electron chi connectivity index (χ0n) is 9.59. The second-order valence-electron chi connectivity index (χ2n) is 3.67. The lowest BCUT2D eigenvalue weighted by molar-refractivity contribution is -0.384. The minimum absolute atomic E-state index is 0.0409. The number of hydrogen-bond donors (Lipinski definition) is 2. The molecule has 19 heavy (non-hydrogen) atoms. The molecule has 0 saturated carbocycles. The summed E-state index contributed by atoms with van der Waals surface area (Å²) in [7, 11) is 0. The largest absolute Gasteiger partial charge is 0.365 e. The first-order chi connectivity index (χ1) is 9.08. The number of benzene rings is 1. The summed E-state index contributed by atoms with van der Waals surface area (Å²) in [5.74, 6) is 0.419. The van der Waals surface area contributed by atoms with Gasteiger partial charge < -0.3 is 10.3 Å². The van der Waals surface area contributed by atoms with Crippen LogP contribution in [-0.4, -0.2) is 14.9 Å². The van der Waals surface area contributed by atoms with Gasteiger partial charge in [0, 0.05) is 18.7 Å². The number of non-ortho nitro benzene ring substituents is 1. The molecule has 0 bridgehead atoms. The molecule has 7 nitrogen and oxygen atoms in total. The van der Waals surface area contributed by atoms with Gasteiger partial charge in [0.15, 0.2) is 0 Å². The summed E-state index contributed by atoms with van der Waals surface area (Å²) in [5.41, 5.74) is 0.611. The maximum atomic E-state index is 11.3. The van der Waals surface area contributed by atoms with Gasteiger partial charge >= 0.3 is 0 Å². The van der Waals surface area contributed by atoms with Crippen molar-refractivity contribution in [2.75, 3.05) is 5.32 Å². The lowest BCUT2D eigenvalue weighted by Crippen LogP contribution is -2.12. The van der Waals surface area contributed by atoms with E-state index < -0.39 is 4.92 Å². The van der Waals surface area contributed by atoms with E-state index in [2.05, 4.69) is 31.2 Å². The average molecular weight is 325 g/mol. The number of hydrogen-bond acceptors (Lipinski definition) is 5. The number of nitrogens with one attached hydrogen (secondary N) is 2. The summed E-state index contributed by atoms with van der Waals surface area (Å²) in [6, 6.07) is 6.15. The van der Waals surface area contributed by atoms with E-state index >= 15 is 0 Å². The van der Waals surface area contributed by atoms with Crippen LogP contribution >= 0.6 is 15.9 Å². The van der Waals surface area contributed by atoms with Crippen LogP contribution in [0.4, 0.5) is 11.5 Å². The SMILES string of the molecule is O=c1[nH]cnc(NCc2ccc([N+](=O)[O-])cc2)c1Br. The molecule has 0 amide bonds. The highest BCUT2D eigenvalue weighted by Gasteiger charge is 2.06. The number of H-pyrrole nitrogens is 1. The molecule has 0 saturated heterocycles. The molecule has 0 radical (unpaired) electrons. The van der Waals surface area contributed by atoms with Crippen LogP contribution in [-0.2, 0) is 6.54 Å². The summed E-state index contributed by atoms with van der Waals surface area (Å²) >= 11 is 3.13. The number of nitro benzene ring substituents is 1. The van der Waals surface area contributed by atoms with Gasteiger partial charge in [-0.3, -0.25) is 14.9 Å². The van der Waals surface area contributed by atoms with Crippen molar-refractivity contribution in [2.45, 2.75) is 6.54 Å². The molecule has 1 aromatic carbocycles. The zero-order chi connectivity index (χ0) is 13.8. The number of aromatic nitrogens is 2. The third-order valence-corrected chi connectivity index (χ3v) is 3.14. The van der Waals surface area contributed by atoms with Gasteiger partial charge in [-0.1, -0.05) is 12.1 Å². The zero-order valence-corrected chi connectivity index (χ0v) is 11.2. The number of nitro groups is 1. The Hall–Kier alpha value is -2.22. The van der Waals surface area contributed by atoms with Crippen molar-refractivity contribution in [3.05, 3.63) is 61.1 Å². The van der Waals surface area contributed by atoms with E-state index in [1.54, 1.807) is 12.1 Å². The smallest absolute Gasteiger partial charge is 0.269 e. The van der Waals surface area contributed by atoms with Crippen LogP contribution in [0.1, 0.15) is 5.56 Å². The first-order valence-electron chi connectivity index (χ1n) is 5.28. The monoisotopic (exact) mass is 324 g/mol. The molecule has 98 valence electrons. The third kappa shape index (κ3) is 3.16. The predicted molar refractivity (Wildman–Crippen MR) is 73.0 cm³/mol. The summed E-state index contributed by atoms with van der Waals surface area (Å²) in [5, 5.41) is 13.5. The fourth-order valence-corrected chi connectivity index (χ4v) is 1.78. The highest BCUT2D eigenvalue weighted by molar-refractivity contribution is 9.10. The highest BCUT2D eigenvalue weighted by atomic mass is 79.9. The van der Waals surface area contributed by atoms with Crippen LogP contribution in [0.2, 0.25) is 0 Å². The number of aromatic amines is 1. The van der Waals surface area contributed by atoms with Crippen LogP contribution in [0, 0.1) is 10.1 Å². The minimum Gasteiger partial charge on any atom is -0.365 e. The Balaban J connectivity index is 2.08. The Morgan fingerprint density at radius 3 is 2.68 bits per heavy atom. The van der Waals surface area contributed by atoms with Crippen molar-refractivity contribution in [1.82, 2.24) is 9.97 Å². The first-order valence-corrected chi connectivity index (χ1v) is 6.07. The second-order valence-corrected chi connectivity index (χ2v) is 4.46. The first kappa shape index (κ1) is 13.2. The normalized spacial score (nSPS) is 10.2. The summed E-state index contributed by atoms with van der Waals surface area (Å²) < 4.78 is 0.317. The Morgan fingerprint density at radius 1 is 1.37 bits per heavy atom. The van der Waals surface area contributed by atoms with Crippen LogP contribution in [0.25, 0.3) is 0 Å². The third-order valence-electron chi connectivity index (χ3n) is 2.40. The van der Waals surface area contributed by atoms with Gasteiger partial charge in [-0.15, -0.1) is 0 Å². The summed E-state index contributed by atoms with van der Waals surface area (Å²) in [4.78, 5) is 27.8. The van der Waals surface area contributed by atoms with Crippen LogP contribution in [0.5, 0.6) is 0 Å². The molecule has 1 aromatic heterocycles. The molecule has 2 N–H and O–H groups in total. The van der Waals surface area contributed by atoms with Crippen LogP contribution in [0.15, 0.2) is 39.9 Å². The molecule has 2 rings (SSSR count). The Labute approximate surface area is 116 Å². The molecular weight excluding hydrogens is 316 g/mol. The molecule has 1 heterocycles. The standard InChI is InChI=1S/C11H9BrN4O3/c12-9-10(14-6-15-11(9)17)13-5-7-1-3-8(4-2-7)16(18)19/h1-4,6H,5H2,(H2,13,14,15,17). The molecule has 0 atom stereocenters. The molecule has 0 aliphatic carbocycles. The number of halogens is 1. The minimum atomic E-state index is -0.452. The average Bonchev–Trinajstić information content (AvgIpc) is 2.41. The molecule has 0 fully saturated rings. The number of anilines is 1. The number of nitrogens with zero attached hydrogens (tertiary/aromatic N) is 2. The van der Waals surface area contributed by atoms with E-state index in [4.69, 9.17) is 0 Å². The fourth-order valence-electron chi connectivity index (χ4n) is 1.43. The summed E-state index contributed by atoms with van der Waals surface area (Å²) in [6.07, 6.45) is 1.30.